The molecule has 2 aromatic carbocycles. The molecule has 4 nitrogen and oxygen atoms in total. The molecule has 1 saturated carbocycles. The Hall–Kier alpha value is -2.76. The summed E-state index contributed by atoms with van der Waals surface area (Å²) in [6, 6.07) is 17.8. The average Bonchev–Trinajstić information content (AvgIpc) is 3.41. The lowest BCUT2D eigenvalue weighted by atomic mass is 10.0. The second-order valence-electron chi connectivity index (χ2n) is 7.52. The zero-order chi connectivity index (χ0) is 21.8. The van der Waals surface area contributed by atoms with Crippen LogP contribution in [-0.4, -0.2) is 27.5 Å². The van der Waals surface area contributed by atoms with Crippen LogP contribution in [0.15, 0.2) is 88.1 Å². The van der Waals surface area contributed by atoms with Crippen LogP contribution in [0.3, 0.4) is 0 Å². The first-order valence-electron chi connectivity index (χ1n) is 10.4. The Balaban J connectivity index is 1.66. The van der Waals surface area contributed by atoms with E-state index in [2.05, 4.69) is 11.6 Å². The molecule has 1 aliphatic carbocycles. The highest BCUT2D eigenvalue weighted by Crippen LogP contribution is 2.31. The van der Waals surface area contributed by atoms with E-state index in [-0.39, 0.29) is 5.16 Å². The van der Waals surface area contributed by atoms with Gasteiger partial charge >= 0.3 is 0 Å². The minimum Gasteiger partial charge on any atom is -0.457 e. The van der Waals surface area contributed by atoms with Gasteiger partial charge in [0.25, 0.3) is 0 Å². The third-order valence-corrected chi connectivity index (χ3v) is 5.91. The predicted octanol–water partition coefficient (Wildman–Crippen LogP) is 6.87. The van der Waals surface area contributed by atoms with Gasteiger partial charge in [0, 0.05) is 5.57 Å². The van der Waals surface area contributed by atoms with Gasteiger partial charge in [-0.05, 0) is 49.6 Å². The molecule has 1 fully saturated rings. The summed E-state index contributed by atoms with van der Waals surface area (Å²) in [7, 11) is 0. The first-order chi connectivity index (χ1) is 15.1. The van der Waals surface area contributed by atoms with E-state index in [0.29, 0.717) is 10.9 Å². The van der Waals surface area contributed by atoms with Gasteiger partial charge in [0.15, 0.2) is 5.84 Å². The molecule has 2 aliphatic rings. The summed E-state index contributed by atoms with van der Waals surface area (Å²) < 4.78 is 5.98. The molecule has 0 radical (unpaired) electrons. The van der Waals surface area contributed by atoms with Crippen molar-refractivity contribution in [2.45, 2.75) is 38.6 Å². The van der Waals surface area contributed by atoms with Crippen molar-refractivity contribution in [1.82, 2.24) is 5.01 Å². The van der Waals surface area contributed by atoms with Gasteiger partial charge in [0.05, 0.1) is 10.9 Å². The van der Waals surface area contributed by atoms with E-state index in [1.54, 1.807) is 0 Å². The molecule has 4 rings (SSSR count). The first-order valence-corrected chi connectivity index (χ1v) is 11.2. The molecule has 6 heteroatoms. The Morgan fingerprint density at radius 3 is 2.55 bits per heavy atom. The SMILES string of the molecule is C=C(Cl)/N=C1\C(=C/C)C(C(=S)c2cccc(Oc3ccccc3)c2)=NN1C1CCCC1. The summed E-state index contributed by atoms with van der Waals surface area (Å²) in [5, 5.41) is 7.14. The number of rotatable bonds is 6. The maximum Gasteiger partial charge on any atom is 0.160 e. The van der Waals surface area contributed by atoms with E-state index >= 15 is 0 Å². The van der Waals surface area contributed by atoms with Crippen molar-refractivity contribution in [3.05, 3.63) is 83.5 Å². The number of halogens is 1. The molecule has 0 saturated heterocycles. The highest BCUT2D eigenvalue weighted by Gasteiger charge is 2.35. The molecule has 2 aromatic rings. The second-order valence-corrected chi connectivity index (χ2v) is 8.36. The quantitative estimate of drug-likeness (QED) is 0.274. The highest BCUT2D eigenvalue weighted by atomic mass is 35.5. The summed E-state index contributed by atoms with van der Waals surface area (Å²) in [5.41, 5.74) is 2.49. The fourth-order valence-electron chi connectivity index (χ4n) is 3.96. The van der Waals surface area contributed by atoms with Gasteiger partial charge in [-0.2, -0.15) is 5.10 Å². The van der Waals surface area contributed by atoms with Gasteiger partial charge in [-0.25, -0.2) is 10.0 Å². The van der Waals surface area contributed by atoms with Crippen molar-refractivity contribution in [2.24, 2.45) is 10.1 Å². The van der Waals surface area contributed by atoms with E-state index in [0.717, 1.165) is 47.0 Å². The van der Waals surface area contributed by atoms with Crippen molar-refractivity contribution in [3.8, 4) is 11.5 Å². The number of allylic oxidation sites excluding steroid dienone is 1. The van der Waals surface area contributed by atoms with Gasteiger partial charge in [0.1, 0.15) is 22.4 Å². The van der Waals surface area contributed by atoms with Crippen molar-refractivity contribution in [3.63, 3.8) is 0 Å². The van der Waals surface area contributed by atoms with Crippen molar-refractivity contribution < 1.29 is 4.74 Å². The zero-order valence-corrected chi connectivity index (χ0v) is 19.0. The molecule has 0 spiro atoms. The lowest BCUT2D eigenvalue weighted by Crippen LogP contribution is -2.31. The molecule has 31 heavy (non-hydrogen) atoms. The van der Waals surface area contributed by atoms with Crippen molar-refractivity contribution in [1.29, 1.82) is 0 Å². The van der Waals surface area contributed by atoms with Gasteiger partial charge in [-0.15, -0.1) is 0 Å². The number of hydrazone groups is 1. The van der Waals surface area contributed by atoms with Crippen LogP contribution in [0.5, 0.6) is 11.5 Å². The molecule has 158 valence electrons. The van der Waals surface area contributed by atoms with Crippen molar-refractivity contribution in [2.75, 3.05) is 0 Å². The third-order valence-electron chi connectivity index (χ3n) is 5.40. The van der Waals surface area contributed by atoms with E-state index in [4.69, 9.17) is 33.7 Å². The molecular weight excluding hydrogens is 426 g/mol. The van der Waals surface area contributed by atoms with E-state index < -0.39 is 0 Å². The van der Waals surface area contributed by atoms with Gasteiger partial charge in [0.2, 0.25) is 0 Å². The predicted molar refractivity (Wildman–Crippen MR) is 132 cm³/mol. The Morgan fingerprint density at radius 2 is 1.87 bits per heavy atom. The van der Waals surface area contributed by atoms with Crippen LogP contribution in [0.2, 0.25) is 0 Å². The second kappa shape index (κ2) is 9.58. The van der Waals surface area contributed by atoms with Gasteiger partial charge in [-0.1, -0.05) is 79.6 Å². The standard InChI is InChI=1S/C25H24ClN3OS/c1-3-22-23(28-29(19-11-7-8-12-19)25(22)27-17(2)26)24(31)18-10-9-15-21(16-18)30-20-13-5-4-6-14-20/h3-6,9-10,13-16,19H,2,7-8,11-12H2,1H3/b22-3-,27-25+. The topological polar surface area (TPSA) is 37.2 Å². The number of nitrogens with zero attached hydrogens (tertiary/aromatic N) is 3. The number of amidine groups is 1. The van der Waals surface area contributed by atoms with Crippen LogP contribution >= 0.6 is 23.8 Å². The number of hydrogen-bond donors (Lipinski definition) is 0. The van der Waals surface area contributed by atoms with E-state index in [9.17, 15) is 0 Å². The number of hydrogen-bond acceptors (Lipinski definition) is 4. The van der Waals surface area contributed by atoms with Crippen LogP contribution in [-0.2, 0) is 0 Å². The third kappa shape index (κ3) is 4.78. The molecule has 0 N–H and O–H groups in total. The van der Waals surface area contributed by atoms with E-state index in [1.165, 1.54) is 12.8 Å². The maximum absolute atomic E-state index is 6.06. The summed E-state index contributed by atoms with van der Waals surface area (Å²) in [6.45, 7) is 5.72. The van der Waals surface area contributed by atoms with Gasteiger partial charge < -0.3 is 4.74 Å². The molecule has 1 aliphatic heterocycles. The average molecular weight is 450 g/mol. The molecule has 0 atom stereocenters. The number of benzene rings is 2. The number of aliphatic imine (C=N–C) groups is 1. The molecule has 0 amide bonds. The lowest BCUT2D eigenvalue weighted by molar-refractivity contribution is 0.337. The smallest absolute Gasteiger partial charge is 0.160 e. The minimum atomic E-state index is 0.234. The lowest BCUT2D eigenvalue weighted by Gasteiger charge is -2.22. The molecule has 0 aromatic heterocycles. The minimum absolute atomic E-state index is 0.234. The summed E-state index contributed by atoms with van der Waals surface area (Å²) >= 11 is 11.9. The van der Waals surface area contributed by atoms with Crippen LogP contribution in [0.1, 0.15) is 38.2 Å². The Kier molecular flexibility index (Phi) is 6.64. The number of ether oxygens (including phenoxy) is 1. The maximum atomic E-state index is 6.06. The summed E-state index contributed by atoms with van der Waals surface area (Å²) in [6.07, 6.45) is 6.53. The Labute approximate surface area is 193 Å². The normalized spacial score (nSPS) is 19.2. The zero-order valence-electron chi connectivity index (χ0n) is 17.4. The Bertz CT molecular complexity index is 1080. The molecular formula is C25H24ClN3OS. The summed E-state index contributed by atoms with van der Waals surface area (Å²) in [4.78, 5) is 5.15. The van der Waals surface area contributed by atoms with Crippen LogP contribution in [0.4, 0.5) is 0 Å². The summed E-state index contributed by atoms with van der Waals surface area (Å²) in [5.74, 6) is 2.23. The number of para-hydroxylation sites is 1. The Morgan fingerprint density at radius 1 is 1.16 bits per heavy atom. The fraction of sp³-hybridized carbons (Fsp3) is 0.240. The van der Waals surface area contributed by atoms with E-state index in [1.807, 2.05) is 72.6 Å². The largest absolute Gasteiger partial charge is 0.457 e. The highest BCUT2D eigenvalue weighted by molar-refractivity contribution is 7.82. The van der Waals surface area contributed by atoms with Crippen molar-refractivity contribution >= 4 is 40.2 Å². The van der Waals surface area contributed by atoms with Crippen LogP contribution in [0, 0.1) is 0 Å². The van der Waals surface area contributed by atoms with Gasteiger partial charge in [-0.3, -0.25) is 0 Å². The number of thiocarbonyl (C=S) groups is 1. The fourth-order valence-corrected chi connectivity index (χ4v) is 4.32. The van der Waals surface area contributed by atoms with Crippen LogP contribution < -0.4 is 4.74 Å². The monoisotopic (exact) mass is 449 g/mol. The first kappa shape index (κ1) is 21.5. The van der Waals surface area contributed by atoms with Crippen LogP contribution in [0.25, 0.3) is 0 Å². The molecule has 0 bridgehead atoms. The molecule has 0 unspecified atom stereocenters. The molecule has 1 heterocycles.